The second kappa shape index (κ2) is 9.98. The lowest BCUT2D eigenvalue weighted by Crippen LogP contribution is -2.45. The van der Waals surface area contributed by atoms with E-state index in [0.717, 1.165) is 12.5 Å². The molecule has 0 heterocycles. The van der Waals surface area contributed by atoms with E-state index in [2.05, 4.69) is 41.0 Å². The summed E-state index contributed by atoms with van der Waals surface area (Å²) in [5.41, 5.74) is 0. The van der Waals surface area contributed by atoms with Gasteiger partial charge in [-0.05, 0) is 38.9 Å². The summed E-state index contributed by atoms with van der Waals surface area (Å²) in [7, 11) is 1.76. The first kappa shape index (κ1) is 19.1. The zero-order chi connectivity index (χ0) is 16.4. The Kier molecular flexibility index (Phi) is 8.68. The highest BCUT2D eigenvalue weighted by molar-refractivity contribution is 7.99. The third-order valence-electron chi connectivity index (χ3n) is 4.15. The van der Waals surface area contributed by atoms with Gasteiger partial charge in [-0.2, -0.15) is 11.8 Å². The summed E-state index contributed by atoms with van der Waals surface area (Å²) < 4.78 is 0.174. The predicted molar refractivity (Wildman–Crippen MR) is 96.5 cm³/mol. The van der Waals surface area contributed by atoms with Crippen molar-refractivity contribution >= 4 is 23.6 Å². The van der Waals surface area contributed by atoms with Crippen LogP contribution in [-0.2, 0) is 4.79 Å². The van der Waals surface area contributed by atoms with Crippen LogP contribution in [0.1, 0.15) is 46.0 Å². The van der Waals surface area contributed by atoms with Crippen LogP contribution < -0.4 is 16.0 Å². The molecule has 1 rings (SSSR count). The lowest BCUT2D eigenvalue weighted by Gasteiger charge is -2.23. The molecule has 6 heteroatoms. The molecule has 5 nitrogen and oxygen atoms in total. The van der Waals surface area contributed by atoms with Crippen molar-refractivity contribution in [2.45, 2.75) is 50.7 Å². The van der Waals surface area contributed by atoms with Crippen molar-refractivity contribution < 1.29 is 4.79 Å². The van der Waals surface area contributed by atoms with Gasteiger partial charge in [0.1, 0.15) is 0 Å². The van der Waals surface area contributed by atoms with Gasteiger partial charge in [0.15, 0.2) is 5.96 Å². The van der Waals surface area contributed by atoms with Gasteiger partial charge in [0.25, 0.3) is 0 Å². The van der Waals surface area contributed by atoms with Crippen molar-refractivity contribution in [1.82, 2.24) is 16.0 Å². The number of rotatable bonds is 8. The number of nitrogens with one attached hydrogen (secondary N) is 3. The number of guanidine groups is 1. The van der Waals surface area contributed by atoms with Gasteiger partial charge in [-0.1, -0.05) is 12.8 Å². The van der Waals surface area contributed by atoms with Crippen LogP contribution in [0.15, 0.2) is 4.99 Å². The van der Waals surface area contributed by atoms with Crippen molar-refractivity contribution in [2.24, 2.45) is 10.9 Å². The van der Waals surface area contributed by atoms with Crippen LogP contribution in [0.5, 0.6) is 0 Å². The molecule has 0 unspecified atom stereocenters. The molecule has 0 bridgehead atoms. The van der Waals surface area contributed by atoms with E-state index in [1.54, 1.807) is 7.05 Å². The van der Waals surface area contributed by atoms with Crippen LogP contribution >= 0.6 is 11.8 Å². The van der Waals surface area contributed by atoms with E-state index in [9.17, 15) is 4.79 Å². The summed E-state index contributed by atoms with van der Waals surface area (Å²) in [6, 6.07) is 0. The number of aliphatic imine (C=N–C) groups is 1. The quantitative estimate of drug-likeness (QED) is 0.362. The molecule has 0 spiro atoms. The van der Waals surface area contributed by atoms with Crippen molar-refractivity contribution in [1.29, 1.82) is 0 Å². The standard InChI is InChI=1S/C16H32N4OS/c1-16(2,22-4)12-20-15(17-3)19-10-9-18-14(21)11-13-7-5-6-8-13/h13H,5-12H2,1-4H3,(H,18,21)(H2,17,19,20). The molecule has 0 atom stereocenters. The van der Waals surface area contributed by atoms with Crippen LogP contribution in [0.25, 0.3) is 0 Å². The van der Waals surface area contributed by atoms with Gasteiger partial charge >= 0.3 is 0 Å². The number of thioether (sulfide) groups is 1. The molecule has 128 valence electrons. The molecule has 1 amide bonds. The van der Waals surface area contributed by atoms with Crippen LogP contribution in [-0.4, -0.2) is 49.6 Å². The van der Waals surface area contributed by atoms with Gasteiger partial charge in [-0.15, -0.1) is 0 Å². The van der Waals surface area contributed by atoms with Gasteiger partial charge in [-0.25, -0.2) is 0 Å². The molecule has 0 saturated heterocycles. The fourth-order valence-corrected chi connectivity index (χ4v) is 2.74. The largest absolute Gasteiger partial charge is 0.355 e. The minimum absolute atomic E-state index is 0.174. The smallest absolute Gasteiger partial charge is 0.220 e. The number of nitrogens with zero attached hydrogens (tertiary/aromatic N) is 1. The Morgan fingerprint density at radius 3 is 2.41 bits per heavy atom. The Labute approximate surface area is 139 Å². The fraction of sp³-hybridized carbons (Fsp3) is 0.875. The fourth-order valence-electron chi connectivity index (χ4n) is 2.52. The summed E-state index contributed by atoms with van der Waals surface area (Å²) in [4.78, 5) is 16.0. The number of carbonyl (C=O) groups is 1. The van der Waals surface area contributed by atoms with Crippen LogP contribution in [0, 0.1) is 5.92 Å². The first-order chi connectivity index (χ1) is 10.5. The average molecular weight is 329 g/mol. The maximum absolute atomic E-state index is 11.8. The van der Waals surface area contributed by atoms with Crippen LogP contribution in [0.4, 0.5) is 0 Å². The maximum atomic E-state index is 11.8. The molecule has 0 aliphatic heterocycles. The summed E-state index contributed by atoms with van der Waals surface area (Å²) >= 11 is 1.82. The zero-order valence-electron chi connectivity index (χ0n) is 14.5. The Morgan fingerprint density at radius 1 is 1.18 bits per heavy atom. The molecule has 1 aliphatic rings. The van der Waals surface area contributed by atoms with Gasteiger partial charge < -0.3 is 16.0 Å². The number of amides is 1. The SMILES string of the molecule is CN=C(NCCNC(=O)CC1CCCC1)NCC(C)(C)SC. The molecule has 0 aromatic rings. The van der Waals surface area contributed by atoms with E-state index in [1.807, 2.05) is 11.8 Å². The highest BCUT2D eigenvalue weighted by Gasteiger charge is 2.18. The molecule has 3 N–H and O–H groups in total. The van der Waals surface area contributed by atoms with E-state index in [-0.39, 0.29) is 10.7 Å². The first-order valence-corrected chi connectivity index (χ1v) is 9.45. The molecule has 0 radical (unpaired) electrons. The monoisotopic (exact) mass is 328 g/mol. The molecule has 1 saturated carbocycles. The zero-order valence-corrected chi connectivity index (χ0v) is 15.3. The number of hydrogen-bond acceptors (Lipinski definition) is 3. The Balaban J connectivity index is 2.12. The second-order valence-corrected chi connectivity index (χ2v) is 8.03. The lowest BCUT2D eigenvalue weighted by atomic mass is 10.0. The highest BCUT2D eigenvalue weighted by Crippen LogP contribution is 2.27. The molecule has 1 aliphatic carbocycles. The van der Waals surface area contributed by atoms with E-state index in [1.165, 1.54) is 25.7 Å². The Hall–Kier alpha value is -0.910. The van der Waals surface area contributed by atoms with Crippen molar-refractivity contribution in [2.75, 3.05) is 32.9 Å². The summed E-state index contributed by atoms with van der Waals surface area (Å²) in [5, 5.41) is 9.53. The summed E-state index contributed by atoms with van der Waals surface area (Å²) in [6.07, 6.45) is 7.80. The van der Waals surface area contributed by atoms with E-state index in [0.29, 0.717) is 25.4 Å². The minimum Gasteiger partial charge on any atom is -0.355 e. The molecule has 22 heavy (non-hydrogen) atoms. The second-order valence-electron chi connectivity index (χ2n) is 6.52. The summed E-state index contributed by atoms with van der Waals surface area (Å²) in [5.74, 6) is 1.57. The average Bonchev–Trinajstić information content (AvgIpc) is 2.99. The molecule has 0 aromatic heterocycles. The molecular weight excluding hydrogens is 296 g/mol. The van der Waals surface area contributed by atoms with Crippen LogP contribution in [0.2, 0.25) is 0 Å². The first-order valence-electron chi connectivity index (χ1n) is 8.23. The minimum atomic E-state index is 0.174. The number of carbonyl (C=O) groups excluding carboxylic acids is 1. The molecule has 1 fully saturated rings. The third-order valence-corrected chi connectivity index (χ3v) is 5.40. The van der Waals surface area contributed by atoms with E-state index < -0.39 is 0 Å². The van der Waals surface area contributed by atoms with Crippen molar-refractivity contribution in [3.8, 4) is 0 Å². The molecule has 0 aromatic carbocycles. The van der Waals surface area contributed by atoms with E-state index in [4.69, 9.17) is 0 Å². The van der Waals surface area contributed by atoms with Gasteiger partial charge in [0.05, 0.1) is 0 Å². The topological polar surface area (TPSA) is 65.5 Å². The van der Waals surface area contributed by atoms with Gasteiger partial charge in [0, 0.05) is 37.8 Å². The predicted octanol–water partition coefficient (Wildman–Crippen LogP) is 1.99. The third kappa shape index (κ3) is 7.92. The van der Waals surface area contributed by atoms with Gasteiger partial charge in [0.2, 0.25) is 5.91 Å². The van der Waals surface area contributed by atoms with Crippen molar-refractivity contribution in [3.05, 3.63) is 0 Å². The molecular formula is C16H32N4OS. The van der Waals surface area contributed by atoms with Crippen molar-refractivity contribution in [3.63, 3.8) is 0 Å². The Bertz CT molecular complexity index is 365. The maximum Gasteiger partial charge on any atom is 0.220 e. The Morgan fingerprint density at radius 2 is 1.82 bits per heavy atom. The highest BCUT2D eigenvalue weighted by atomic mass is 32.2. The lowest BCUT2D eigenvalue weighted by molar-refractivity contribution is -0.121. The number of hydrogen-bond donors (Lipinski definition) is 3. The van der Waals surface area contributed by atoms with Crippen LogP contribution in [0.3, 0.4) is 0 Å². The summed E-state index contributed by atoms with van der Waals surface area (Å²) in [6.45, 7) is 6.57. The normalized spacial score (nSPS) is 16.6. The van der Waals surface area contributed by atoms with Gasteiger partial charge in [-0.3, -0.25) is 9.79 Å². The van der Waals surface area contributed by atoms with E-state index >= 15 is 0 Å².